The maximum atomic E-state index is 11.1. The van der Waals surface area contributed by atoms with Crippen molar-refractivity contribution in [3.05, 3.63) is 30.3 Å². The molecule has 0 N–H and O–H groups in total. The van der Waals surface area contributed by atoms with Gasteiger partial charge in [-0.3, -0.25) is 4.79 Å². The molecule has 0 saturated carbocycles. The van der Waals surface area contributed by atoms with Gasteiger partial charge in [0.15, 0.2) is 0 Å². The summed E-state index contributed by atoms with van der Waals surface area (Å²) in [6.45, 7) is 0. The summed E-state index contributed by atoms with van der Waals surface area (Å²) in [4.78, 5) is 11.1. The Hall–Kier alpha value is -0.960. The Morgan fingerprint density at radius 2 is 2.08 bits per heavy atom. The molecule has 2 nitrogen and oxygen atoms in total. The van der Waals surface area contributed by atoms with Crippen molar-refractivity contribution < 1.29 is 9.53 Å². The van der Waals surface area contributed by atoms with E-state index in [1.807, 2.05) is 24.5 Å². The molecule has 0 aliphatic rings. The summed E-state index contributed by atoms with van der Waals surface area (Å²) in [6.07, 6.45) is 2.44. The number of rotatable bonds is 4. The predicted octanol–water partition coefficient (Wildman–Crippen LogP) is 2.35. The van der Waals surface area contributed by atoms with Gasteiger partial charge in [-0.05, 0) is 18.4 Å². The first kappa shape index (κ1) is 10.1. The standard InChI is InChI=1S/C10H12O2S/c1-13-8-7-10(11)12-9-5-3-2-4-6-9/h2-6H,7-8H2,1H3. The van der Waals surface area contributed by atoms with Crippen molar-refractivity contribution >= 4 is 17.7 Å². The third-order valence-corrected chi connectivity index (χ3v) is 2.10. The molecule has 0 atom stereocenters. The number of esters is 1. The third kappa shape index (κ3) is 3.99. The fourth-order valence-corrected chi connectivity index (χ4v) is 1.23. The van der Waals surface area contributed by atoms with Crippen LogP contribution in [0.15, 0.2) is 30.3 Å². The molecule has 0 fully saturated rings. The summed E-state index contributed by atoms with van der Waals surface area (Å²) in [5.74, 6) is 1.26. The van der Waals surface area contributed by atoms with E-state index in [4.69, 9.17) is 4.74 Å². The number of hydrogen-bond donors (Lipinski definition) is 0. The smallest absolute Gasteiger partial charge is 0.312 e. The highest BCUT2D eigenvalue weighted by Crippen LogP contribution is 2.09. The van der Waals surface area contributed by atoms with E-state index in [0.29, 0.717) is 12.2 Å². The van der Waals surface area contributed by atoms with Crippen LogP contribution in [-0.2, 0) is 4.79 Å². The van der Waals surface area contributed by atoms with Crippen molar-refractivity contribution in [2.24, 2.45) is 0 Å². The van der Waals surface area contributed by atoms with Crippen molar-refractivity contribution in [2.75, 3.05) is 12.0 Å². The molecule has 0 amide bonds. The maximum Gasteiger partial charge on any atom is 0.312 e. The molecule has 1 aromatic rings. The lowest BCUT2D eigenvalue weighted by atomic mass is 10.3. The van der Waals surface area contributed by atoms with Gasteiger partial charge >= 0.3 is 5.97 Å². The second-order valence-electron chi connectivity index (χ2n) is 2.53. The van der Waals surface area contributed by atoms with Gasteiger partial charge < -0.3 is 4.74 Å². The van der Waals surface area contributed by atoms with Crippen LogP contribution in [0.25, 0.3) is 0 Å². The lowest BCUT2D eigenvalue weighted by molar-refractivity contribution is -0.133. The first-order chi connectivity index (χ1) is 6.33. The topological polar surface area (TPSA) is 26.3 Å². The molecule has 0 saturated heterocycles. The van der Waals surface area contributed by atoms with Crippen molar-refractivity contribution in [1.82, 2.24) is 0 Å². The maximum absolute atomic E-state index is 11.1. The Balaban J connectivity index is 2.37. The van der Waals surface area contributed by atoms with E-state index in [0.717, 1.165) is 5.75 Å². The SMILES string of the molecule is CSCCC(=O)Oc1ccccc1. The van der Waals surface area contributed by atoms with E-state index >= 15 is 0 Å². The van der Waals surface area contributed by atoms with Crippen LogP contribution in [0, 0.1) is 0 Å². The third-order valence-electron chi connectivity index (χ3n) is 1.49. The minimum absolute atomic E-state index is 0.166. The normalized spacial score (nSPS) is 9.62. The Morgan fingerprint density at radius 1 is 1.38 bits per heavy atom. The van der Waals surface area contributed by atoms with Gasteiger partial charge in [-0.15, -0.1) is 0 Å². The Labute approximate surface area is 82.3 Å². The molecule has 0 radical (unpaired) electrons. The van der Waals surface area contributed by atoms with Crippen LogP contribution in [0.2, 0.25) is 0 Å². The van der Waals surface area contributed by atoms with E-state index in [1.54, 1.807) is 23.9 Å². The Bertz CT molecular complexity index is 259. The lowest BCUT2D eigenvalue weighted by Gasteiger charge is -2.02. The largest absolute Gasteiger partial charge is 0.427 e. The monoisotopic (exact) mass is 196 g/mol. The molecule has 0 spiro atoms. The van der Waals surface area contributed by atoms with Gasteiger partial charge in [0.25, 0.3) is 0 Å². The summed E-state index contributed by atoms with van der Waals surface area (Å²) in [5, 5.41) is 0. The highest BCUT2D eigenvalue weighted by molar-refractivity contribution is 7.98. The molecule has 13 heavy (non-hydrogen) atoms. The minimum Gasteiger partial charge on any atom is -0.427 e. The number of carbonyl (C=O) groups is 1. The van der Waals surface area contributed by atoms with Crippen molar-refractivity contribution in [3.8, 4) is 5.75 Å². The van der Waals surface area contributed by atoms with Gasteiger partial charge in [0.05, 0.1) is 6.42 Å². The quantitative estimate of drug-likeness (QED) is 0.546. The molecule has 0 aromatic heterocycles. The molecular weight excluding hydrogens is 184 g/mol. The molecule has 3 heteroatoms. The molecule has 1 aromatic carbocycles. The fourth-order valence-electron chi connectivity index (χ4n) is 0.856. The first-order valence-electron chi connectivity index (χ1n) is 4.07. The molecule has 70 valence electrons. The van der Waals surface area contributed by atoms with Crippen LogP contribution in [-0.4, -0.2) is 18.0 Å². The molecule has 0 aliphatic heterocycles. The molecule has 0 unspecified atom stereocenters. The number of thioether (sulfide) groups is 1. The van der Waals surface area contributed by atoms with Crippen molar-refractivity contribution in [1.29, 1.82) is 0 Å². The van der Waals surface area contributed by atoms with Gasteiger partial charge in [-0.2, -0.15) is 11.8 Å². The predicted molar refractivity (Wildman–Crippen MR) is 55.1 cm³/mol. The van der Waals surface area contributed by atoms with E-state index in [1.165, 1.54) is 0 Å². The second-order valence-corrected chi connectivity index (χ2v) is 3.52. The number of carbonyl (C=O) groups excluding carboxylic acids is 1. The van der Waals surface area contributed by atoms with Crippen molar-refractivity contribution in [2.45, 2.75) is 6.42 Å². The summed E-state index contributed by atoms with van der Waals surface area (Å²) in [7, 11) is 0. The van der Waals surface area contributed by atoms with Crippen LogP contribution in [0.3, 0.4) is 0 Å². The summed E-state index contributed by atoms with van der Waals surface area (Å²) >= 11 is 1.64. The fraction of sp³-hybridized carbons (Fsp3) is 0.300. The van der Waals surface area contributed by atoms with Crippen LogP contribution in [0.5, 0.6) is 5.75 Å². The molecule has 0 heterocycles. The number of benzene rings is 1. The van der Waals surface area contributed by atoms with E-state index in [2.05, 4.69) is 0 Å². The second kappa shape index (κ2) is 5.65. The van der Waals surface area contributed by atoms with Gasteiger partial charge in [0.1, 0.15) is 5.75 Å². The molecule has 0 bridgehead atoms. The van der Waals surface area contributed by atoms with Gasteiger partial charge in [-0.25, -0.2) is 0 Å². The van der Waals surface area contributed by atoms with Gasteiger partial charge in [-0.1, -0.05) is 18.2 Å². The highest BCUT2D eigenvalue weighted by Gasteiger charge is 2.02. The Morgan fingerprint density at radius 3 is 2.69 bits per heavy atom. The number of ether oxygens (including phenoxy) is 1. The molecule has 1 rings (SSSR count). The minimum atomic E-state index is -0.166. The van der Waals surface area contributed by atoms with Crippen LogP contribution in [0.4, 0.5) is 0 Å². The Kier molecular flexibility index (Phi) is 4.40. The van der Waals surface area contributed by atoms with Gasteiger partial charge in [0.2, 0.25) is 0 Å². The van der Waals surface area contributed by atoms with E-state index in [9.17, 15) is 4.79 Å². The van der Waals surface area contributed by atoms with Crippen molar-refractivity contribution in [3.63, 3.8) is 0 Å². The highest BCUT2D eigenvalue weighted by atomic mass is 32.2. The summed E-state index contributed by atoms with van der Waals surface area (Å²) in [6, 6.07) is 9.13. The summed E-state index contributed by atoms with van der Waals surface area (Å²) < 4.78 is 5.06. The van der Waals surface area contributed by atoms with Gasteiger partial charge in [0, 0.05) is 5.75 Å². The average Bonchev–Trinajstić information content (AvgIpc) is 2.16. The first-order valence-corrected chi connectivity index (χ1v) is 5.47. The zero-order valence-corrected chi connectivity index (χ0v) is 8.34. The number of para-hydroxylation sites is 1. The lowest BCUT2D eigenvalue weighted by Crippen LogP contribution is -2.08. The zero-order chi connectivity index (χ0) is 9.52. The van der Waals surface area contributed by atoms with E-state index < -0.39 is 0 Å². The summed E-state index contributed by atoms with van der Waals surface area (Å²) in [5.41, 5.74) is 0. The number of hydrogen-bond acceptors (Lipinski definition) is 3. The van der Waals surface area contributed by atoms with Crippen LogP contribution >= 0.6 is 11.8 Å². The van der Waals surface area contributed by atoms with Crippen LogP contribution in [0.1, 0.15) is 6.42 Å². The zero-order valence-electron chi connectivity index (χ0n) is 7.53. The van der Waals surface area contributed by atoms with Crippen LogP contribution < -0.4 is 4.74 Å². The van der Waals surface area contributed by atoms with E-state index in [-0.39, 0.29) is 5.97 Å². The average molecular weight is 196 g/mol. The molecule has 0 aliphatic carbocycles. The molecular formula is C10H12O2S.